The number of rotatable bonds is 13. The van der Waals surface area contributed by atoms with E-state index in [1.807, 2.05) is 18.2 Å². The Kier molecular flexibility index (Phi) is 9.05. The summed E-state index contributed by atoms with van der Waals surface area (Å²) in [7, 11) is 0. The lowest BCUT2D eigenvalue weighted by Crippen LogP contribution is -2.15. The first-order valence-electron chi connectivity index (χ1n) is 18.4. The molecular weight excluding hydrogens is 583 g/mol. The van der Waals surface area contributed by atoms with Gasteiger partial charge in [0.25, 0.3) is 0 Å². The van der Waals surface area contributed by atoms with Crippen molar-refractivity contribution in [1.29, 1.82) is 0 Å². The monoisotopic (exact) mass is 633 g/mol. The fourth-order valence-corrected chi connectivity index (χ4v) is 7.94. The van der Waals surface area contributed by atoms with Gasteiger partial charge in [-0.15, -0.1) is 0 Å². The van der Waals surface area contributed by atoms with Gasteiger partial charge in [-0.05, 0) is 126 Å². The Morgan fingerprint density at radius 2 is 1.17 bits per heavy atom. The highest BCUT2D eigenvalue weighted by Crippen LogP contribution is 2.50. The number of unbranched alkanes of at least 4 members (excludes halogenated alkanes) is 6. The summed E-state index contributed by atoms with van der Waals surface area (Å²) in [4.78, 5) is 0. The van der Waals surface area contributed by atoms with Gasteiger partial charge in [0.05, 0.1) is 11.0 Å². The summed E-state index contributed by atoms with van der Waals surface area (Å²) in [6, 6.07) is 36.4. The summed E-state index contributed by atoms with van der Waals surface area (Å²) >= 11 is 0. The van der Waals surface area contributed by atoms with Gasteiger partial charge in [0.15, 0.2) is 0 Å². The Balaban J connectivity index is 1.28. The van der Waals surface area contributed by atoms with Crippen molar-refractivity contribution in [3.63, 3.8) is 0 Å². The molecule has 0 fully saturated rings. The fraction of sp³-hybridized carbons (Fsp3) is 0.333. The average Bonchev–Trinajstić information content (AvgIpc) is 3.52. The quantitative estimate of drug-likeness (QED) is 0.0981. The van der Waals surface area contributed by atoms with Crippen molar-refractivity contribution in [1.82, 2.24) is 4.57 Å². The van der Waals surface area contributed by atoms with Gasteiger partial charge in [-0.25, -0.2) is 0 Å². The summed E-state index contributed by atoms with van der Waals surface area (Å²) in [5.41, 5.74) is 20.9. The standard InChI is InChI=1S/C45H51N3/c1-5-7-9-11-14-31-18-24-43-39(26-31)40-27-32(15-12-10-8-6-2)19-25-44(40)48(43)36-21-23-38-37-22-20-35(47-34-17-13-16-33(46)28-34)29-41(37)45(3,4)42(38)30-36/h13,16-30,47H,5-12,14-15,46H2,1-4H3. The van der Waals surface area contributed by atoms with Crippen molar-refractivity contribution >= 4 is 38.9 Å². The average molecular weight is 634 g/mol. The maximum absolute atomic E-state index is 6.06. The Morgan fingerprint density at radius 1 is 0.583 bits per heavy atom. The molecule has 0 saturated carbocycles. The van der Waals surface area contributed by atoms with Crippen molar-refractivity contribution in [2.45, 2.75) is 97.3 Å². The lowest BCUT2D eigenvalue weighted by atomic mass is 9.82. The largest absolute Gasteiger partial charge is 0.399 e. The van der Waals surface area contributed by atoms with E-state index in [1.165, 1.54) is 112 Å². The molecule has 0 atom stereocenters. The van der Waals surface area contributed by atoms with Crippen LogP contribution in [0.4, 0.5) is 17.1 Å². The normalized spacial score (nSPS) is 13.2. The van der Waals surface area contributed by atoms with Crippen LogP contribution < -0.4 is 11.1 Å². The number of hydrogen-bond acceptors (Lipinski definition) is 2. The van der Waals surface area contributed by atoms with Crippen LogP contribution in [0, 0.1) is 0 Å². The second-order valence-corrected chi connectivity index (χ2v) is 14.5. The first kappa shape index (κ1) is 32.1. The van der Waals surface area contributed by atoms with Crippen LogP contribution in [0.1, 0.15) is 101 Å². The summed E-state index contributed by atoms with van der Waals surface area (Å²) < 4.78 is 2.51. The number of aryl methyl sites for hydroxylation is 2. The maximum Gasteiger partial charge on any atom is 0.0541 e. The Morgan fingerprint density at radius 3 is 1.77 bits per heavy atom. The van der Waals surface area contributed by atoms with E-state index < -0.39 is 0 Å². The summed E-state index contributed by atoms with van der Waals surface area (Å²) in [6.45, 7) is 9.31. The van der Waals surface area contributed by atoms with Gasteiger partial charge >= 0.3 is 0 Å². The molecule has 7 rings (SSSR count). The van der Waals surface area contributed by atoms with Crippen molar-refractivity contribution < 1.29 is 0 Å². The molecule has 0 bridgehead atoms. The molecule has 1 heterocycles. The Hall–Kier alpha value is -4.50. The lowest BCUT2D eigenvalue weighted by molar-refractivity contribution is 0.660. The number of fused-ring (bicyclic) bond motifs is 6. The Bertz CT molecular complexity index is 2010. The van der Waals surface area contributed by atoms with Crippen molar-refractivity contribution in [2.24, 2.45) is 0 Å². The number of hydrogen-bond donors (Lipinski definition) is 2. The molecule has 1 aliphatic carbocycles. The molecule has 1 aromatic heterocycles. The molecule has 48 heavy (non-hydrogen) atoms. The van der Waals surface area contributed by atoms with Gasteiger partial charge in [-0.3, -0.25) is 0 Å². The van der Waals surface area contributed by atoms with E-state index in [0.29, 0.717) is 0 Å². The molecule has 0 amide bonds. The molecular formula is C45H51N3. The third kappa shape index (κ3) is 6.12. The van der Waals surface area contributed by atoms with Crippen LogP contribution in [-0.4, -0.2) is 4.57 Å². The second kappa shape index (κ2) is 13.5. The van der Waals surface area contributed by atoms with Crippen LogP contribution in [0.2, 0.25) is 0 Å². The highest BCUT2D eigenvalue weighted by atomic mass is 15.0. The molecule has 6 aromatic rings. The third-order valence-electron chi connectivity index (χ3n) is 10.6. The van der Waals surface area contributed by atoms with Crippen molar-refractivity contribution in [3.05, 3.63) is 119 Å². The van der Waals surface area contributed by atoms with Crippen LogP contribution in [-0.2, 0) is 18.3 Å². The molecule has 1 aliphatic rings. The number of nitrogens with two attached hydrogens (primary N) is 1. The highest BCUT2D eigenvalue weighted by molar-refractivity contribution is 6.09. The number of anilines is 3. The predicted molar refractivity (Wildman–Crippen MR) is 208 cm³/mol. The molecule has 3 heteroatoms. The third-order valence-corrected chi connectivity index (χ3v) is 10.6. The molecule has 0 radical (unpaired) electrons. The molecule has 246 valence electrons. The first-order valence-corrected chi connectivity index (χ1v) is 18.4. The zero-order chi connectivity index (χ0) is 33.3. The van der Waals surface area contributed by atoms with Gasteiger partial charge in [0.2, 0.25) is 0 Å². The van der Waals surface area contributed by atoms with Crippen LogP contribution in [0.3, 0.4) is 0 Å². The second-order valence-electron chi connectivity index (χ2n) is 14.5. The van der Waals surface area contributed by atoms with Crippen molar-refractivity contribution in [3.8, 4) is 16.8 Å². The Labute approximate surface area is 287 Å². The van der Waals surface area contributed by atoms with Gasteiger partial charge < -0.3 is 15.6 Å². The molecule has 3 nitrogen and oxygen atoms in total. The summed E-state index contributed by atoms with van der Waals surface area (Å²) in [6.07, 6.45) is 12.6. The lowest BCUT2D eigenvalue weighted by Gasteiger charge is -2.23. The molecule has 0 unspecified atom stereocenters. The number of nitrogens with one attached hydrogen (secondary N) is 1. The zero-order valence-corrected chi connectivity index (χ0v) is 29.3. The van der Waals surface area contributed by atoms with E-state index in [2.05, 4.69) is 116 Å². The van der Waals surface area contributed by atoms with Crippen molar-refractivity contribution in [2.75, 3.05) is 11.1 Å². The number of nitrogen functional groups attached to an aromatic ring is 1. The topological polar surface area (TPSA) is 43.0 Å². The molecule has 5 aromatic carbocycles. The SMILES string of the molecule is CCCCCCc1ccc2c(c1)c1cc(CCCCCC)ccc1n2-c1ccc2c(c1)C(C)(C)c1cc(Nc3cccc(N)c3)ccc1-2. The minimum atomic E-state index is -0.135. The number of nitrogens with zero attached hydrogens (tertiary/aromatic N) is 1. The van der Waals surface area contributed by atoms with Gasteiger partial charge in [-0.1, -0.05) is 96.6 Å². The number of benzene rings is 5. The van der Waals surface area contributed by atoms with E-state index >= 15 is 0 Å². The van der Waals surface area contributed by atoms with E-state index in [9.17, 15) is 0 Å². The van der Waals surface area contributed by atoms with Gasteiger partial charge in [-0.2, -0.15) is 0 Å². The fourth-order valence-electron chi connectivity index (χ4n) is 7.94. The minimum Gasteiger partial charge on any atom is -0.399 e. The smallest absolute Gasteiger partial charge is 0.0541 e. The molecule has 0 spiro atoms. The summed E-state index contributed by atoms with van der Waals surface area (Å²) in [5, 5.41) is 6.34. The first-order chi connectivity index (χ1) is 23.4. The maximum atomic E-state index is 6.06. The summed E-state index contributed by atoms with van der Waals surface area (Å²) in [5.74, 6) is 0. The highest BCUT2D eigenvalue weighted by Gasteiger charge is 2.36. The number of aromatic nitrogens is 1. The predicted octanol–water partition coefficient (Wildman–Crippen LogP) is 12.7. The molecule has 3 N–H and O–H groups in total. The van der Waals surface area contributed by atoms with E-state index in [-0.39, 0.29) is 5.41 Å². The van der Waals surface area contributed by atoms with Crippen LogP contribution in [0.15, 0.2) is 97.1 Å². The van der Waals surface area contributed by atoms with Gasteiger partial charge in [0, 0.05) is 38.9 Å². The van der Waals surface area contributed by atoms with Gasteiger partial charge in [0.1, 0.15) is 0 Å². The van der Waals surface area contributed by atoms with E-state index in [1.54, 1.807) is 0 Å². The minimum absolute atomic E-state index is 0.135. The molecule has 0 aliphatic heterocycles. The molecule has 0 saturated heterocycles. The van der Waals surface area contributed by atoms with Crippen LogP contribution >= 0.6 is 0 Å². The van der Waals surface area contributed by atoms with E-state index in [0.717, 1.165) is 29.9 Å². The zero-order valence-electron chi connectivity index (χ0n) is 29.3. The van der Waals surface area contributed by atoms with Crippen LogP contribution in [0.25, 0.3) is 38.6 Å². The van der Waals surface area contributed by atoms with Crippen LogP contribution in [0.5, 0.6) is 0 Å². The van der Waals surface area contributed by atoms with E-state index in [4.69, 9.17) is 5.73 Å².